The number of hydrogen-bond donors (Lipinski definition) is 1. The molecule has 0 aliphatic carbocycles. The van der Waals surface area contributed by atoms with E-state index >= 15 is 0 Å². The summed E-state index contributed by atoms with van der Waals surface area (Å²) < 4.78 is 5.94. The van der Waals surface area contributed by atoms with Crippen molar-refractivity contribution in [1.29, 1.82) is 0 Å². The monoisotopic (exact) mass is 279 g/mol. The van der Waals surface area contributed by atoms with E-state index in [9.17, 15) is 0 Å². The van der Waals surface area contributed by atoms with E-state index in [2.05, 4.69) is 62.0 Å². The van der Waals surface area contributed by atoms with Gasteiger partial charge in [0.2, 0.25) is 0 Å². The second-order valence-corrected chi connectivity index (χ2v) is 7.05. The molecule has 114 valence electrons. The van der Waals surface area contributed by atoms with E-state index in [1.165, 1.54) is 0 Å². The molecule has 1 aliphatic rings. The molecule has 0 amide bonds. The lowest BCUT2D eigenvalue weighted by Gasteiger charge is -2.37. The predicted molar refractivity (Wildman–Crippen MR) is 82.7 cm³/mol. The van der Waals surface area contributed by atoms with Crippen LogP contribution in [-0.2, 0) is 13.1 Å². The minimum atomic E-state index is 0.124. The molecule has 4 nitrogen and oxygen atoms in total. The molecule has 1 N–H and O–H groups in total. The van der Waals surface area contributed by atoms with E-state index in [1.807, 2.05) is 0 Å². The Balaban J connectivity index is 1.86. The summed E-state index contributed by atoms with van der Waals surface area (Å²) in [5, 5.41) is 3.46. The zero-order chi connectivity index (χ0) is 14.8. The summed E-state index contributed by atoms with van der Waals surface area (Å²) in [7, 11) is 2.19. The van der Waals surface area contributed by atoms with Crippen LogP contribution in [0.1, 0.15) is 39.2 Å². The molecule has 2 heterocycles. The normalized spacial score (nSPS) is 22.4. The van der Waals surface area contributed by atoms with E-state index in [1.54, 1.807) is 0 Å². The van der Waals surface area contributed by atoms with Gasteiger partial charge in [-0.15, -0.1) is 0 Å². The summed E-state index contributed by atoms with van der Waals surface area (Å²) in [5.74, 6) is 2.10. The Kier molecular flexibility index (Phi) is 4.89. The van der Waals surface area contributed by atoms with Gasteiger partial charge in [-0.05, 0) is 46.9 Å². The topological polar surface area (TPSA) is 31.6 Å². The maximum Gasteiger partial charge on any atom is 0.118 e. The summed E-state index contributed by atoms with van der Waals surface area (Å²) in [6.07, 6.45) is 0. The van der Waals surface area contributed by atoms with Crippen molar-refractivity contribution in [3.8, 4) is 0 Å². The average molecular weight is 279 g/mol. The smallest absolute Gasteiger partial charge is 0.118 e. The highest BCUT2D eigenvalue weighted by Gasteiger charge is 2.22. The quantitative estimate of drug-likeness (QED) is 0.916. The Bertz CT molecular complexity index is 422. The highest BCUT2D eigenvalue weighted by Crippen LogP contribution is 2.16. The minimum Gasteiger partial charge on any atom is -0.463 e. The van der Waals surface area contributed by atoms with Gasteiger partial charge in [-0.2, -0.15) is 0 Å². The Morgan fingerprint density at radius 1 is 1.25 bits per heavy atom. The zero-order valence-corrected chi connectivity index (χ0v) is 13.6. The van der Waals surface area contributed by atoms with Gasteiger partial charge < -0.3 is 14.6 Å². The van der Waals surface area contributed by atoms with Crippen molar-refractivity contribution < 1.29 is 4.42 Å². The lowest BCUT2D eigenvalue weighted by atomic mass is 10.1. The fourth-order valence-corrected chi connectivity index (χ4v) is 2.57. The van der Waals surface area contributed by atoms with Crippen molar-refractivity contribution >= 4 is 0 Å². The Labute approximate surface area is 123 Å². The predicted octanol–water partition coefficient (Wildman–Crippen LogP) is 2.30. The van der Waals surface area contributed by atoms with Crippen LogP contribution in [0.25, 0.3) is 0 Å². The van der Waals surface area contributed by atoms with Crippen molar-refractivity contribution in [2.24, 2.45) is 0 Å². The molecule has 2 rings (SSSR count). The van der Waals surface area contributed by atoms with Crippen LogP contribution in [0, 0.1) is 0 Å². The first kappa shape index (κ1) is 15.5. The van der Waals surface area contributed by atoms with Gasteiger partial charge in [0.25, 0.3) is 0 Å². The maximum absolute atomic E-state index is 5.94. The SMILES string of the molecule is CC1CN(C)CCN1Cc1ccc(CNC(C)(C)C)o1. The van der Waals surface area contributed by atoms with Crippen LogP contribution < -0.4 is 5.32 Å². The van der Waals surface area contributed by atoms with Crippen molar-refractivity contribution in [2.45, 2.75) is 52.4 Å². The molecule has 1 atom stereocenters. The number of hydrogen-bond acceptors (Lipinski definition) is 4. The highest BCUT2D eigenvalue weighted by molar-refractivity contribution is 5.07. The van der Waals surface area contributed by atoms with Gasteiger partial charge in [0.1, 0.15) is 11.5 Å². The first-order valence-corrected chi connectivity index (χ1v) is 7.59. The molecule has 0 saturated carbocycles. The molecule has 1 aromatic heterocycles. The summed E-state index contributed by atoms with van der Waals surface area (Å²) in [5.41, 5.74) is 0.124. The summed E-state index contributed by atoms with van der Waals surface area (Å²) in [4.78, 5) is 4.89. The van der Waals surface area contributed by atoms with Crippen molar-refractivity contribution in [2.75, 3.05) is 26.7 Å². The van der Waals surface area contributed by atoms with Gasteiger partial charge >= 0.3 is 0 Å². The summed E-state index contributed by atoms with van der Waals surface area (Å²) in [6, 6.07) is 4.80. The van der Waals surface area contributed by atoms with Gasteiger partial charge in [0.05, 0.1) is 13.1 Å². The molecule has 0 spiro atoms. The van der Waals surface area contributed by atoms with Crippen LogP contribution in [0.5, 0.6) is 0 Å². The second kappa shape index (κ2) is 6.29. The molecule has 4 heteroatoms. The molecule has 0 bridgehead atoms. The van der Waals surface area contributed by atoms with Crippen LogP contribution in [0.4, 0.5) is 0 Å². The van der Waals surface area contributed by atoms with Crippen molar-refractivity contribution in [1.82, 2.24) is 15.1 Å². The summed E-state index contributed by atoms with van der Waals surface area (Å²) in [6.45, 7) is 13.9. The number of piperazine rings is 1. The van der Waals surface area contributed by atoms with E-state index in [0.29, 0.717) is 6.04 Å². The molecule has 1 aliphatic heterocycles. The van der Waals surface area contributed by atoms with Gasteiger partial charge in [0, 0.05) is 31.2 Å². The molecular formula is C16H29N3O. The number of nitrogens with zero attached hydrogens (tertiary/aromatic N) is 2. The number of nitrogens with one attached hydrogen (secondary N) is 1. The molecule has 20 heavy (non-hydrogen) atoms. The zero-order valence-electron chi connectivity index (χ0n) is 13.6. The minimum absolute atomic E-state index is 0.124. The fourth-order valence-electron chi connectivity index (χ4n) is 2.57. The van der Waals surface area contributed by atoms with E-state index in [4.69, 9.17) is 4.42 Å². The van der Waals surface area contributed by atoms with Crippen molar-refractivity contribution in [3.05, 3.63) is 23.7 Å². The van der Waals surface area contributed by atoms with Crippen LogP contribution in [0.15, 0.2) is 16.5 Å². The van der Waals surface area contributed by atoms with Gasteiger partial charge in [-0.25, -0.2) is 0 Å². The highest BCUT2D eigenvalue weighted by atomic mass is 16.3. The lowest BCUT2D eigenvalue weighted by molar-refractivity contribution is 0.0870. The van der Waals surface area contributed by atoms with Gasteiger partial charge in [-0.3, -0.25) is 4.90 Å². The molecular weight excluding hydrogens is 250 g/mol. The molecule has 1 unspecified atom stereocenters. The fraction of sp³-hybridized carbons (Fsp3) is 0.750. The molecule has 1 saturated heterocycles. The Hall–Kier alpha value is -0.840. The molecule has 1 aromatic rings. The third kappa shape index (κ3) is 4.62. The number of likely N-dealkylation sites (N-methyl/N-ethyl adjacent to an activating group) is 1. The summed E-state index contributed by atoms with van der Waals surface area (Å²) >= 11 is 0. The van der Waals surface area contributed by atoms with Crippen LogP contribution in [0.2, 0.25) is 0 Å². The second-order valence-electron chi connectivity index (χ2n) is 7.05. The number of furan rings is 1. The Morgan fingerprint density at radius 3 is 2.60 bits per heavy atom. The van der Waals surface area contributed by atoms with Gasteiger partial charge in [-0.1, -0.05) is 0 Å². The van der Waals surface area contributed by atoms with E-state index in [-0.39, 0.29) is 5.54 Å². The third-order valence-corrected chi connectivity index (χ3v) is 3.84. The molecule has 0 radical (unpaired) electrons. The maximum atomic E-state index is 5.94. The largest absolute Gasteiger partial charge is 0.463 e. The lowest BCUT2D eigenvalue weighted by Crippen LogP contribution is -2.49. The first-order valence-electron chi connectivity index (χ1n) is 7.59. The number of rotatable bonds is 4. The van der Waals surface area contributed by atoms with Crippen molar-refractivity contribution in [3.63, 3.8) is 0 Å². The van der Waals surface area contributed by atoms with Gasteiger partial charge in [0.15, 0.2) is 0 Å². The molecule has 1 fully saturated rings. The Morgan fingerprint density at radius 2 is 1.95 bits per heavy atom. The van der Waals surface area contributed by atoms with Crippen LogP contribution in [0.3, 0.4) is 0 Å². The first-order chi connectivity index (χ1) is 9.33. The average Bonchev–Trinajstić information content (AvgIpc) is 2.77. The van der Waals surface area contributed by atoms with Crippen LogP contribution >= 0.6 is 0 Å². The molecule has 0 aromatic carbocycles. The standard InChI is InChI=1S/C16H29N3O/c1-13-11-18(5)8-9-19(13)12-15-7-6-14(20-15)10-17-16(2,3)4/h6-7,13,17H,8-12H2,1-5H3. The van der Waals surface area contributed by atoms with E-state index in [0.717, 1.165) is 44.2 Å². The van der Waals surface area contributed by atoms with Crippen LogP contribution in [-0.4, -0.2) is 48.1 Å². The third-order valence-electron chi connectivity index (χ3n) is 3.84. The van der Waals surface area contributed by atoms with E-state index < -0.39 is 0 Å².